The fraction of sp³-hybridized carbons (Fsp3) is 0.810. The van der Waals surface area contributed by atoms with Crippen molar-refractivity contribution in [1.82, 2.24) is 5.32 Å². The molecule has 0 aliphatic rings. The fourth-order valence-corrected chi connectivity index (χ4v) is 8.26. The van der Waals surface area contributed by atoms with Crippen molar-refractivity contribution in [3.05, 3.63) is 60.8 Å². The summed E-state index contributed by atoms with van der Waals surface area (Å²) in [5.74, 6) is -0.0726. The molecule has 2 unspecified atom stereocenters. The second-order valence-corrected chi connectivity index (χ2v) is 18.6. The SMILES string of the molecule is CCCCCCC/C=C\C/C=C\C/C=C\CCCCCCCCCCCCCCCCCCCCCCCCCCC(=O)NC(CO)C(O)/C=C/CC/C=C/CCCCCCC. The summed E-state index contributed by atoms with van der Waals surface area (Å²) in [4.78, 5) is 12.4. The lowest BCUT2D eigenvalue weighted by atomic mass is 10.0. The van der Waals surface area contributed by atoms with Gasteiger partial charge in [0.15, 0.2) is 0 Å². The monoisotopic (exact) mass is 866 g/mol. The van der Waals surface area contributed by atoms with Crippen molar-refractivity contribution in [3.63, 3.8) is 0 Å². The lowest BCUT2D eigenvalue weighted by molar-refractivity contribution is -0.123. The Labute approximate surface area is 387 Å². The predicted octanol–water partition coefficient (Wildman–Crippen LogP) is 18.0. The fourth-order valence-electron chi connectivity index (χ4n) is 8.26. The van der Waals surface area contributed by atoms with Gasteiger partial charge >= 0.3 is 0 Å². The van der Waals surface area contributed by atoms with Gasteiger partial charge in [-0.25, -0.2) is 0 Å². The number of unbranched alkanes of at least 4 members (excludes halogenated alkanes) is 35. The Balaban J connectivity index is 3.40. The van der Waals surface area contributed by atoms with Crippen LogP contribution in [0.1, 0.15) is 284 Å². The first-order valence-corrected chi connectivity index (χ1v) is 27.5. The topological polar surface area (TPSA) is 69.6 Å². The molecule has 62 heavy (non-hydrogen) atoms. The van der Waals surface area contributed by atoms with Crippen LogP contribution in [0.25, 0.3) is 0 Å². The number of carbonyl (C=O) groups excluding carboxylic acids is 1. The van der Waals surface area contributed by atoms with E-state index in [2.05, 4.69) is 67.8 Å². The number of aliphatic hydroxyl groups is 2. The minimum Gasteiger partial charge on any atom is -0.394 e. The zero-order valence-electron chi connectivity index (χ0n) is 41.6. The van der Waals surface area contributed by atoms with Crippen LogP contribution in [-0.2, 0) is 4.79 Å². The van der Waals surface area contributed by atoms with Crippen LogP contribution < -0.4 is 5.32 Å². The summed E-state index contributed by atoms with van der Waals surface area (Å²) >= 11 is 0. The van der Waals surface area contributed by atoms with E-state index in [1.807, 2.05) is 6.08 Å². The maximum absolute atomic E-state index is 12.4. The molecule has 0 spiro atoms. The molecule has 0 bridgehead atoms. The largest absolute Gasteiger partial charge is 0.394 e. The second-order valence-electron chi connectivity index (χ2n) is 18.6. The molecule has 4 heteroatoms. The van der Waals surface area contributed by atoms with Crippen LogP contribution in [0.4, 0.5) is 0 Å². The molecule has 1 amide bonds. The smallest absolute Gasteiger partial charge is 0.220 e. The van der Waals surface area contributed by atoms with E-state index in [1.165, 1.54) is 218 Å². The molecule has 0 heterocycles. The third-order valence-corrected chi connectivity index (χ3v) is 12.5. The highest BCUT2D eigenvalue weighted by Crippen LogP contribution is 2.17. The molecular formula is C58H107NO3. The molecule has 0 fully saturated rings. The van der Waals surface area contributed by atoms with Crippen molar-refractivity contribution in [2.45, 2.75) is 296 Å². The summed E-state index contributed by atoms with van der Waals surface area (Å²) in [6.07, 6.45) is 75.4. The Morgan fingerprint density at radius 2 is 0.677 bits per heavy atom. The van der Waals surface area contributed by atoms with Crippen molar-refractivity contribution in [1.29, 1.82) is 0 Å². The van der Waals surface area contributed by atoms with Crippen LogP contribution in [0.5, 0.6) is 0 Å². The van der Waals surface area contributed by atoms with Gasteiger partial charge in [0.1, 0.15) is 0 Å². The van der Waals surface area contributed by atoms with E-state index in [0.29, 0.717) is 6.42 Å². The summed E-state index contributed by atoms with van der Waals surface area (Å²) in [5, 5.41) is 23.0. The van der Waals surface area contributed by atoms with Crippen molar-refractivity contribution < 1.29 is 15.0 Å². The molecule has 362 valence electrons. The van der Waals surface area contributed by atoms with Crippen LogP contribution in [0.2, 0.25) is 0 Å². The number of amides is 1. The minimum absolute atomic E-state index is 0.0726. The van der Waals surface area contributed by atoms with Crippen molar-refractivity contribution in [2.24, 2.45) is 0 Å². The number of allylic oxidation sites excluding steroid dienone is 9. The standard InChI is InChI=1S/C58H107NO3/c1-3-5-7-9-11-13-15-16-17-18-19-20-21-22-23-24-25-26-27-28-29-30-31-32-33-34-35-36-37-38-39-40-41-42-44-46-48-50-52-54-58(62)59-56(55-60)57(61)53-51-49-47-45-43-14-12-10-8-6-4-2/h15-16,18-19,21-22,43,45,51,53,56-57,60-61H,3-14,17,20,23-42,44,46-50,52,54-55H2,1-2H3,(H,59,62)/b16-15-,19-18-,22-21-,45-43+,53-51+. The van der Waals surface area contributed by atoms with Crippen LogP contribution in [0.3, 0.4) is 0 Å². The van der Waals surface area contributed by atoms with E-state index in [0.717, 1.165) is 44.9 Å². The Kier molecular flexibility index (Phi) is 51.8. The Hall–Kier alpha value is -1.91. The summed E-state index contributed by atoms with van der Waals surface area (Å²) in [7, 11) is 0. The van der Waals surface area contributed by atoms with Gasteiger partial charge in [0, 0.05) is 6.42 Å². The first kappa shape index (κ1) is 60.1. The molecule has 0 rings (SSSR count). The first-order chi connectivity index (χ1) is 30.7. The highest BCUT2D eigenvalue weighted by atomic mass is 16.3. The molecular weight excluding hydrogens is 759 g/mol. The molecule has 0 aliphatic heterocycles. The lowest BCUT2D eigenvalue weighted by Gasteiger charge is -2.19. The number of hydrogen-bond donors (Lipinski definition) is 3. The van der Waals surface area contributed by atoms with Crippen LogP contribution in [-0.4, -0.2) is 34.9 Å². The second kappa shape index (κ2) is 53.4. The van der Waals surface area contributed by atoms with Crippen LogP contribution in [0, 0.1) is 0 Å². The van der Waals surface area contributed by atoms with Crippen molar-refractivity contribution >= 4 is 5.91 Å². The molecule has 0 aromatic carbocycles. The molecule has 0 aliphatic carbocycles. The van der Waals surface area contributed by atoms with E-state index in [1.54, 1.807) is 6.08 Å². The number of carbonyl (C=O) groups is 1. The van der Waals surface area contributed by atoms with E-state index >= 15 is 0 Å². The van der Waals surface area contributed by atoms with E-state index in [-0.39, 0.29) is 12.5 Å². The quantitative estimate of drug-likeness (QED) is 0.0421. The zero-order valence-corrected chi connectivity index (χ0v) is 41.6. The van der Waals surface area contributed by atoms with Crippen LogP contribution in [0.15, 0.2) is 60.8 Å². The van der Waals surface area contributed by atoms with Gasteiger partial charge in [-0.15, -0.1) is 0 Å². The van der Waals surface area contributed by atoms with E-state index in [4.69, 9.17) is 0 Å². The summed E-state index contributed by atoms with van der Waals surface area (Å²) < 4.78 is 0. The first-order valence-electron chi connectivity index (χ1n) is 27.5. The van der Waals surface area contributed by atoms with Crippen molar-refractivity contribution in [3.8, 4) is 0 Å². The molecule has 0 radical (unpaired) electrons. The lowest BCUT2D eigenvalue weighted by Crippen LogP contribution is -2.45. The number of rotatable bonds is 50. The number of aliphatic hydroxyl groups excluding tert-OH is 2. The highest BCUT2D eigenvalue weighted by molar-refractivity contribution is 5.76. The highest BCUT2D eigenvalue weighted by Gasteiger charge is 2.18. The minimum atomic E-state index is -0.860. The molecule has 0 aromatic rings. The van der Waals surface area contributed by atoms with E-state index < -0.39 is 12.1 Å². The van der Waals surface area contributed by atoms with Gasteiger partial charge in [0.2, 0.25) is 5.91 Å². The van der Waals surface area contributed by atoms with Gasteiger partial charge < -0.3 is 15.5 Å². The Bertz CT molecular complexity index is 1030. The molecule has 0 saturated heterocycles. The van der Waals surface area contributed by atoms with Gasteiger partial charge in [-0.2, -0.15) is 0 Å². The third kappa shape index (κ3) is 49.1. The molecule has 0 aromatic heterocycles. The van der Waals surface area contributed by atoms with Gasteiger partial charge in [0.05, 0.1) is 18.8 Å². The number of nitrogens with one attached hydrogen (secondary N) is 1. The third-order valence-electron chi connectivity index (χ3n) is 12.5. The zero-order chi connectivity index (χ0) is 44.9. The van der Waals surface area contributed by atoms with E-state index in [9.17, 15) is 15.0 Å². The maximum atomic E-state index is 12.4. The maximum Gasteiger partial charge on any atom is 0.220 e. The van der Waals surface area contributed by atoms with Crippen LogP contribution >= 0.6 is 0 Å². The Morgan fingerprint density at radius 1 is 0.387 bits per heavy atom. The molecule has 2 atom stereocenters. The van der Waals surface area contributed by atoms with Crippen molar-refractivity contribution in [2.75, 3.05) is 6.61 Å². The summed E-state index contributed by atoms with van der Waals surface area (Å²) in [6, 6.07) is -0.637. The Morgan fingerprint density at radius 3 is 1.05 bits per heavy atom. The average molecular weight is 866 g/mol. The van der Waals surface area contributed by atoms with Gasteiger partial charge in [0.25, 0.3) is 0 Å². The molecule has 0 saturated carbocycles. The van der Waals surface area contributed by atoms with Gasteiger partial charge in [-0.1, -0.05) is 267 Å². The normalized spacial score (nSPS) is 13.3. The summed E-state index contributed by atoms with van der Waals surface area (Å²) in [5.41, 5.74) is 0. The molecule has 4 nitrogen and oxygen atoms in total. The molecule has 3 N–H and O–H groups in total. The average Bonchev–Trinajstić information content (AvgIpc) is 3.28. The van der Waals surface area contributed by atoms with Gasteiger partial charge in [-0.05, 0) is 70.6 Å². The van der Waals surface area contributed by atoms with Gasteiger partial charge in [-0.3, -0.25) is 4.79 Å². The summed E-state index contributed by atoms with van der Waals surface area (Å²) in [6.45, 7) is 4.27. The predicted molar refractivity (Wildman–Crippen MR) is 276 cm³/mol. The number of hydrogen-bond acceptors (Lipinski definition) is 3.